The van der Waals surface area contributed by atoms with Gasteiger partial charge in [-0.3, -0.25) is 9.69 Å². The van der Waals surface area contributed by atoms with Crippen molar-refractivity contribution in [2.45, 2.75) is 37.2 Å². The molecule has 2 aliphatic rings. The number of benzene rings is 1. The minimum Gasteiger partial charge on any atom is -0.348 e. The van der Waals surface area contributed by atoms with Gasteiger partial charge in [0.05, 0.1) is 0 Å². The number of halogens is 1. The summed E-state index contributed by atoms with van der Waals surface area (Å²) in [6, 6.07) is 8.62. The van der Waals surface area contributed by atoms with E-state index in [-0.39, 0.29) is 5.91 Å². The van der Waals surface area contributed by atoms with Crippen molar-refractivity contribution in [1.29, 1.82) is 0 Å². The number of nitrogens with one attached hydrogen (secondary N) is 1. The highest BCUT2D eigenvalue weighted by Gasteiger charge is 2.34. The molecule has 102 valence electrons. The molecule has 0 spiro atoms. The zero-order valence-corrected chi connectivity index (χ0v) is 11.7. The van der Waals surface area contributed by atoms with Crippen molar-refractivity contribution in [3.8, 4) is 0 Å². The van der Waals surface area contributed by atoms with Crippen LogP contribution in [0.3, 0.4) is 0 Å². The standard InChI is InChI=1S/C15H19ClN2O/c16-9-11-1-3-12(4-2-11)15(19)17-13-7-8-18(10-13)14-5-6-14/h1-4,13-14H,5-10H2,(H,17,19). The van der Waals surface area contributed by atoms with Crippen LogP contribution in [0.1, 0.15) is 35.2 Å². The van der Waals surface area contributed by atoms with Crippen molar-refractivity contribution in [3.63, 3.8) is 0 Å². The second-order valence-corrected chi connectivity index (χ2v) is 5.78. The van der Waals surface area contributed by atoms with Crippen LogP contribution in [0, 0.1) is 0 Å². The first-order valence-electron chi connectivity index (χ1n) is 6.96. The summed E-state index contributed by atoms with van der Waals surface area (Å²) in [6.45, 7) is 2.14. The monoisotopic (exact) mass is 278 g/mol. The van der Waals surface area contributed by atoms with E-state index in [1.54, 1.807) is 0 Å². The van der Waals surface area contributed by atoms with Crippen LogP contribution in [-0.4, -0.2) is 36.0 Å². The van der Waals surface area contributed by atoms with E-state index in [1.807, 2.05) is 24.3 Å². The number of alkyl halides is 1. The zero-order valence-electron chi connectivity index (χ0n) is 10.9. The normalized spacial score (nSPS) is 23.5. The van der Waals surface area contributed by atoms with Crippen LogP contribution in [0.25, 0.3) is 0 Å². The molecular formula is C15H19ClN2O. The van der Waals surface area contributed by atoms with Gasteiger partial charge in [0, 0.05) is 36.6 Å². The van der Waals surface area contributed by atoms with E-state index in [1.165, 1.54) is 12.8 Å². The van der Waals surface area contributed by atoms with Gasteiger partial charge < -0.3 is 5.32 Å². The number of carbonyl (C=O) groups is 1. The molecule has 1 aromatic carbocycles. The highest BCUT2D eigenvalue weighted by atomic mass is 35.5. The van der Waals surface area contributed by atoms with Gasteiger partial charge in [0.15, 0.2) is 0 Å². The van der Waals surface area contributed by atoms with E-state index in [0.717, 1.165) is 36.7 Å². The molecule has 3 rings (SSSR count). The molecule has 1 N–H and O–H groups in total. The van der Waals surface area contributed by atoms with E-state index in [0.29, 0.717) is 11.9 Å². The Labute approximate surface area is 118 Å². The summed E-state index contributed by atoms with van der Waals surface area (Å²) >= 11 is 5.74. The van der Waals surface area contributed by atoms with Crippen LogP contribution in [0.15, 0.2) is 24.3 Å². The Morgan fingerprint density at radius 1 is 1.26 bits per heavy atom. The first-order chi connectivity index (χ1) is 9.26. The molecule has 1 aliphatic heterocycles. The van der Waals surface area contributed by atoms with E-state index >= 15 is 0 Å². The second-order valence-electron chi connectivity index (χ2n) is 5.52. The Bertz CT molecular complexity index is 456. The second kappa shape index (κ2) is 5.51. The molecule has 0 aromatic heterocycles. The maximum atomic E-state index is 12.1. The van der Waals surface area contributed by atoms with Crippen molar-refractivity contribution in [2.24, 2.45) is 0 Å². The van der Waals surface area contributed by atoms with Crippen LogP contribution in [0.4, 0.5) is 0 Å². The van der Waals surface area contributed by atoms with E-state index in [9.17, 15) is 4.79 Å². The van der Waals surface area contributed by atoms with Crippen molar-refractivity contribution in [2.75, 3.05) is 13.1 Å². The summed E-state index contributed by atoms with van der Waals surface area (Å²) in [4.78, 5) is 14.6. The lowest BCUT2D eigenvalue weighted by atomic mass is 10.1. The van der Waals surface area contributed by atoms with Gasteiger partial charge >= 0.3 is 0 Å². The summed E-state index contributed by atoms with van der Waals surface area (Å²) in [7, 11) is 0. The molecule has 1 heterocycles. The van der Waals surface area contributed by atoms with Gasteiger partial charge in [0.25, 0.3) is 5.91 Å². The molecule has 1 atom stereocenters. The summed E-state index contributed by atoms with van der Waals surface area (Å²) in [5, 5.41) is 3.13. The fourth-order valence-electron chi connectivity index (χ4n) is 2.69. The highest BCUT2D eigenvalue weighted by molar-refractivity contribution is 6.17. The van der Waals surface area contributed by atoms with E-state index < -0.39 is 0 Å². The molecule has 19 heavy (non-hydrogen) atoms. The summed E-state index contributed by atoms with van der Waals surface area (Å²) in [6.07, 6.45) is 3.74. The Morgan fingerprint density at radius 3 is 2.63 bits per heavy atom. The maximum Gasteiger partial charge on any atom is 0.251 e. The van der Waals surface area contributed by atoms with Gasteiger partial charge in [-0.2, -0.15) is 0 Å². The highest BCUT2D eigenvalue weighted by Crippen LogP contribution is 2.29. The summed E-state index contributed by atoms with van der Waals surface area (Å²) in [5.74, 6) is 0.518. The molecular weight excluding hydrogens is 260 g/mol. The first kappa shape index (κ1) is 12.9. The average Bonchev–Trinajstić information content (AvgIpc) is 3.20. The quantitative estimate of drug-likeness (QED) is 0.858. The Balaban J connectivity index is 1.55. The molecule has 0 bridgehead atoms. The van der Waals surface area contributed by atoms with E-state index in [2.05, 4.69) is 10.2 Å². The third-order valence-electron chi connectivity index (χ3n) is 3.99. The number of amides is 1. The predicted octanol–water partition coefficient (Wildman–Crippen LogP) is 2.39. The molecule has 1 aromatic rings. The number of rotatable bonds is 4. The molecule has 1 aliphatic carbocycles. The largest absolute Gasteiger partial charge is 0.348 e. The fourth-order valence-corrected chi connectivity index (χ4v) is 2.87. The predicted molar refractivity (Wildman–Crippen MR) is 76.5 cm³/mol. The molecule has 1 saturated carbocycles. The minimum atomic E-state index is 0.0313. The van der Waals surface area contributed by atoms with Crippen LogP contribution in [-0.2, 0) is 5.88 Å². The molecule has 1 amide bonds. The van der Waals surface area contributed by atoms with Gasteiger partial charge in [-0.05, 0) is 37.0 Å². The van der Waals surface area contributed by atoms with Crippen LogP contribution < -0.4 is 5.32 Å². The van der Waals surface area contributed by atoms with Gasteiger partial charge in [-0.25, -0.2) is 0 Å². The zero-order chi connectivity index (χ0) is 13.2. The third-order valence-corrected chi connectivity index (χ3v) is 4.30. The Hall–Kier alpha value is -1.06. The average molecular weight is 279 g/mol. The van der Waals surface area contributed by atoms with Crippen LogP contribution in [0.2, 0.25) is 0 Å². The number of likely N-dealkylation sites (tertiary alicyclic amines) is 1. The van der Waals surface area contributed by atoms with Crippen molar-refractivity contribution in [3.05, 3.63) is 35.4 Å². The van der Waals surface area contributed by atoms with Gasteiger partial charge in [-0.1, -0.05) is 12.1 Å². The lowest BCUT2D eigenvalue weighted by Gasteiger charge is -2.15. The number of hydrogen-bond donors (Lipinski definition) is 1. The Morgan fingerprint density at radius 2 is 2.00 bits per heavy atom. The van der Waals surface area contributed by atoms with Gasteiger partial charge in [-0.15, -0.1) is 11.6 Å². The number of hydrogen-bond acceptors (Lipinski definition) is 2. The third kappa shape index (κ3) is 3.10. The van der Waals surface area contributed by atoms with Crippen LogP contribution in [0.5, 0.6) is 0 Å². The number of nitrogens with zero attached hydrogens (tertiary/aromatic N) is 1. The van der Waals surface area contributed by atoms with Gasteiger partial charge in [0.1, 0.15) is 0 Å². The smallest absolute Gasteiger partial charge is 0.251 e. The molecule has 1 saturated heterocycles. The molecule has 4 heteroatoms. The van der Waals surface area contributed by atoms with Crippen molar-refractivity contribution >= 4 is 17.5 Å². The summed E-state index contributed by atoms with van der Waals surface area (Å²) in [5.41, 5.74) is 1.76. The molecule has 2 fully saturated rings. The summed E-state index contributed by atoms with van der Waals surface area (Å²) < 4.78 is 0. The molecule has 1 unspecified atom stereocenters. The van der Waals surface area contributed by atoms with E-state index in [4.69, 9.17) is 11.6 Å². The SMILES string of the molecule is O=C(NC1CCN(C2CC2)C1)c1ccc(CCl)cc1. The first-order valence-corrected chi connectivity index (χ1v) is 7.49. The maximum absolute atomic E-state index is 12.1. The topological polar surface area (TPSA) is 32.3 Å². The van der Waals surface area contributed by atoms with Crippen LogP contribution >= 0.6 is 11.6 Å². The van der Waals surface area contributed by atoms with Crippen molar-refractivity contribution in [1.82, 2.24) is 10.2 Å². The molecule has 3 nitrogen and oxygen atoms in total. The minimum absolute atomic E-state index is 0.0313. The lowest BCUT2D eigenvalue weighted by molar-refractivity contribution is 0.0937. The number of carbonyl (C=O) groups excluding carboxylic acids is 1. The fraction of sp³-hybridized carbons (Fsp3) is 0.533. The Kier molecular flexibility index (Phi) is 3.76. The van der Waals surface area contributed by atoms with Gasteiger partial charge in [0.2, 0.25) is 0 Å². The molecule has 0 radical (unpaired) electrons. The van der Waals surface area contributed by atoms with Crippen molar-refractivity contribution < 1.29 is 4.79 Å². The lowest BCUT2D eigenvalue weighted by Crippen LogP contribution is -2.37.